The number of likely N-dealkylation sites (tertiary alicyclic amines) is 1. The van der Waals surface area contributed by atoms with Gasteiger partial charge in [-0.1, -0.05) is 0 Å². The lowest BCUT2D eigenvalue weighted by atomic mass is 10.1. The zero-order chi connectivity index (χ0) is 13.7. The maximum absolute atomic E-state index is 12.1. The van der Waals surface area contributed by atoms with Gasteiger partial charge in [0.25, 0.3) is 0 Å². The van der Waals surface area contributed by atoms with Crippen LogP contribution in [0.2, 0.25) is 0 Å². The van der Waals surface area contributed by atoms with Crippen molar-refractivity contribution >= 4 is 23.4 Å². The summed E-state index contributed by atoms with van der Waals surface area (Å²) in [5, 5.41) is 0. The van der Waals surface area contributed by atoms with Gasteiger partial charge < -0.3 is 9.80 Å². The molecule has 5 nitrogen and oxygen atoms in total. The van der Waals surface area contributed by atoms with Crippen LogP contribution in [0.5, 0.6) is 0 Å². The second-order valence-electron chi connectivity index (χ2n) is 5.23. The van der Waals surface area contributed by atoms with Gasteiger partial charge in [-0.3, -0.25) is 14.5 Å². The number of nitrogens with zero attached hydrogens (tertiary/aromatic N) is 3. The monoisotopic (exact) mass is 287 g/mol. The molecular formula is C13H22ClN3O2. The normalized spacial score (nSPS) is 21.5. The van der Waals surface area contributed by atoms with Crippen LogP contribution >= 0.6 is 11.6 Å². The van der Waals surface area contributed by atoms with Crippen LogP contribution in [0.3, 0.4) is 0 Å². The molecule has 0 N–H and O–H groups in total. The van der Waals surface area contributed by atoms with Gasteiger partial charge in [-0.25, -0.2) is 0 Å². The van der Waals surface area contributed by atoms with E-state index in [1.54, 1.807) is 4.90 Å². The number of carbonyl (C=O) groups excluding carboxylic acids is 2. The lowest BCUT2D eigenvalue weighted by molar-refractivity contribution is -0.134. The van der Waals surface area contributed by atoms with Gasteiger partial charge in [-0.05, 0) is 19.3 Å². The molecule has 2 aliphatic heterocycles. The standard InChI is InChI=1S/C13H22ClN3O2/c14-10-12(18)17-8-6-15(7-9-17)11-13(19)16-4-2-1-3-5-16/h1-11H2. The summed E-state index contributed by atoms with van der Waals surface area (Å²) in [6, 6.07) is 0. The SMILES string of the molecule is O=C(CCl)N1CCN(CC(=O)N2CCCCC2)CC1. The maximum Gasteiger partial charge on any atom is 0.237 e. The molecule has 0 aliphatic carbocycles. The molecule has 19 heavy (non-hydrogen) atoms. The highest BCUT2D eigenvalue weighted by Crippen LogP contribution is 2.10. The first kappa shape index (κ1) is 14.6. The van der Waals surface area contributed by atoms with Crippen LogP contribution in [0.1, 0.15) is 19.3 Å². The van der Waals surface area contributed by atoms with Crippen molar-refractivity contribution in [2.24, 2.45) is 0 Å². The highest BCUT2D eigenvalue weighted by Gasteiger charge is 2.24. The number of alkyl halides is 1. The van der Waals surface area contributed by atoms with Crippen LogP contribution in [0.25, 0.3) is 0 Å². The molecule has 108 valence electrons. The first-order chi connectivity index (χ1) is 9.20. The Hall–Kier alpha value is -0.810. The van der Waals surface area contributed by atoms with E-state index in [9.17, 15) is 9.59 Å². The molecular weight excluding hydrogens is 266 g/mol. The topological polar surface area (TPSA) is 43.9 Å². The molecule has 0 spiro atoms. The summed E-state index contributed by atoms with van der Waals surface area (Å²) in [6.45, 7) is 5.19. The average molecular weight is 288 g/mol. The molecule has 0 saturated carbocycles. The Morgan fingerprint density at radius 1 is 0.789 bits per heavy atom. The number of piperidine rings is 1. The molecule has 0 aromatic rings. The van der Waals surface area contributed by atoms with E-state index < -0.39 is 0 Å². The first-order valence-electron chi connectivity index (χ1n) is 7.04. The van der Waals surface area contributed by atoms with E-state index >= 15 is 0 Å². The van der Waals surface area contributed by atoms with Gasteiger partial charge in [0.1, 0.15) is 5.88 Å². The van der Waals surface area contributed by atoms with Gasteiger partial charge >= 0.3 is 0 Å². The fourth-order valence-corrected chi connectivity index (χ4v) is 2.84. The Kier molecular flexibility index (Phi) is 5.45. The maximum atomic E-state index is 12.1. The van der Waals surface area contributed by atoms with Crippen LogP contribution in [0.4, 0.5) is 0 Å². The van der Waals surface area contributed by atoms with Gasteiger partial charge in [-0.15, -0.1) is 11.6 Å². The fraction of sp³-hybridized carbons (Fsp3) is 0.846. The largest absolute Gasteiger partial charge is 0.342 e. The van der Waals surface area contributed by atoms with Crippen molar-refractivity contribution < 1.29 is 9.59 Å². The van der Waals surface area contributed by atoms with E-state index in [4.69, 9.17) is 11.6 Å². The molecule has 0 atom stereocenters. The van der Waals surface area contributed by atoms with E-state index in [2.05, 4.69) is 4.90 Å². The van der Waals surface area contributed by atoms with Gasteiger partial charge in [0, 0.05) is 39.3 Å². The summed E-state index contributed by atoms with van der Waals surface area (Å²) in [5.41, 5.74) is 0. The van der Waals surface area contributed by atoms with Crippen molar-refractivity contribution in [2.45, 2.75) is 19.3 Å². The number of hydrogen-bond donors (Lipinski definition) is 0. The molecule has 0 aromatic carbocycles. The smallest absolute Gasteiger partial charge is 0.237 e. The van der Waals surface area contributed by atoms with Crippen molar-refractivity contribution in [3.05, 3.63) is 0 Å². The van der Waals surface area contributed by atoms with Crippen LogP contribution in [-0.2, 0) is 9.59 Å². The number of halogens is 1. The van der Waals surface area contributed by atoms with Gasteiger partial charge in [-0.2, -0.15) is 0 Å². The zero-order valence-corrected chi connectivity index (χ0v) is 12.1. The van der Waals surface area contributed by atoms with Gasteiger partial charge in [0.05, 0.1) is 6.54 Å². The highest BCUT2D eigenvalue weighted by molar-refractivity contribution is 6.27. The number of piperazine rings is 1. The Bertz CT molecular complexity index is 324. The molecule has 2 rings (SSSR count). The lowest BCUT2D eigenvalue weighted by Crippen LogP contribution is -2.52. The molecule has 2 saturated heterocycles. The minimum Gasteiger partial charge on any atom is -0.342 e. The Morgan fingerprint density at radius 3 is 1.95 bits per heavy atom. The number of rotatable bonds is 3. The number of carbonyl (C=O) groups is 2. The van der Waals surface area contributed by atoms with Crippen LogP contribution in [-0.4, -0.2) is 78.2 Å². The molecule has 2 fully saturated rings. The molecule has 0 bridgehead atoms. The quantitative estimate of drug-likeness (QED) is 0.705. The second-order valence-corrected chi connectivity index (χ2v) is 5.50. The van der Waals surface area contributed by atoms with E-state index in [0.717, 1.165) is 39.0 Å². The van der Waals surface area contributed by atoms with Gasteiger partial charge in [0.2, 0.25) is 11.8 Å². The predicted molar refractivity (Wildman–Crippen MR) is 74.2 cm³/mol. The third-order valence-corrected chi connectivity index (χ3v) is 4.14. The molecule has 6 heteroatoms. The first-order valence-corrected chi connectivity index (χ1v) is 7.58. The summed E-state index contributed by atoms with van der Waals surface area (Å²) in [5.74, 6) is 0.271. The van der Waals surface area contributed by atoms with Crippen LogP contribution < -0.4 is 0 Å². The van der Waals surface area contributed by atoms with Crippen molar-refractivity contribution in [1.29, 1.82) is 0 Å². The fourth-order valence-electron chi connectivity index (χ4n) is 2.67. The van der Waals surface area contributed by atoms with Crippen molar-refractivity contribution in [1.82, 2.24) is 14.7 Å². The van der Waals surface area contributed by atoms with E-state index in [1.807, 2.05) is 4.90 Å². The summed E-state index contributed by atoms with van der Waals surface area (Å²) in [4.78, 5) is 29.4. The van der Waals surface area contributed by atoms with Crippen molar-refractivity contribution in [3.63, 3.8) is 0 Å². The average Bonchev–Trinajstić information content (AvgIpc) is 2.48. The molecule has 0 radical (unpaired) electrons. The Labute approximate surface area is 119 Å². The second kappa shape index (κ2) is 7.10. The van der Waals surface area contributed by atoms with E-state index in [-0.39, 0.29) is 17.7 Å². The van der Waals surface area contributed by atoms with Crippen molar-refractivity contribution in [3.8, 4) is 0 Å². The van der Waals surface area contributed by atoms with Crippen molar-refractivity contribution in [2.75, 3.05) is 51.7 Å². The zero-order valence-electron chi connectivity index (χ0n) is 11.3. The molecule has 2 heterocycles. The van der Waals surface area contributed by atoms with Gasteiger partial charge in [0.15, 0.2) is 0 Å². The molecule has 2 aliphatic rings. The van der Waals surface area contributed by atoms with Crippen LogP contribution in [0.15, 0.2) is 0 Å². The summed E-state index contributed by atoms with van der Waals surface area (Å²) >= 11 is 5.54. The number of hydrogen-bond acceptors (Lipinski definition) is 3. The van der Waals surface area contributed by atoms with E-state index in [1.165, 1.54) is 6.42 Å². The Morgan fingerprint density at radius 2 is 1.37 bits per heavy atom. The summed E-state index contributed by atoms with van der Waals surface area (Å²) < 4.78 is 0. The molecule has 0 aromatic heterocycles. The minimum atomic E-state index is -0.0105. The molecule has 0 unspecified atom stereocenters. The lowest BCUT2D eigenvalue weighted by Gasteiger charge is -2.35. The van der Waals surface area contributed by atoms with Crippen LogP contribution in [0, 0.1) is 0 Å². The predicted octanol–water partition coefficient (Wildman–Crippen LogP) is 0.382. The summed E-state index contributed by atoms with van der Waals surface area (Å²) in [7, 11) is 0. The highest BCUT2D eigenvalue weighted by atomic mass is 35.5. The number of amides is 2. The Balaban J connectivity index is 1.72. The molecule has 2 amide bonds. The third kappa shape index (κ3) is 4.08. The third-order valence-electron chi connectivity index (χ3n) is 3.91. The summed E-state index contributed by atoms with van der Waals surface area (Å²) in [6.07, 6.45) is 3.50. The van der Waals surface area contributed by atoms with E-state index in [0.29, 0.717) is 19.6 Å². The minimum absolute atomic E-state index is 0.0105.